The summed E-state index contributed by atoms with van der Waals surface area (Å²) in [5.41, 5.74) is 2.98. The maximum Gasteiger partial charge on any atom is 0.255 e. The molecule has 2 nitrogen and oxygen atoms in total. The van der Waals surface area contributed by atoms with Gasteiger partial charge in [0, 0.05) is 11.8 Å². The summed E-state index contributed by atoms with van der Waals surface area (Å²) in [5, 5.41) is 0. The predicted octanol–water partition coefficient (Wildman–Crippen LogP) is 2.99. The van der Waals surface area contributed by atoms with E-state index in [2.05, 4.69) is 24.0 Å². The molecule has 1 aromatic heterocycles. The Kier molecular flexibility index (Phi) is 3.20. The van der Waals surface area contributed by atoms with Crippen LogP contribution in [0, 0.1) is 0 Å². The fourth-order valence-electron chi connectivity index (χ4n) is 1.79. The van der Waals surface area contributed by atoms with Gasteiger partial charge in [0.15, 0.2) is 0 Å². The van der Waals surface area contributed by atoms with Crippen LogP contribution in [0.4, 0.5) is 0 Å². The minimum absolute atomic E-state index is 0.0364. The van der Waals surface area contributed by atoms with E-state index in [1.54, 1.807) is 6.20 Å². The molecule has 0 fully saturated rings. The van der Waals surface area contributed by atoms with Crippen LogP contribution in [0.15, 0.2) is 47.4 Å². The molecule has 2 rings (SSSR count). The lowest BCUT2D eigenvalue weighted by molar-refractivity contribution is 0.922. The fraction of sp³-hybridized carbons (Fsp3) is 0.214. The molecule has 82 valence electrons. The highest BCUT2D eigenvalue weighted by Gasteiger charge is 2.01. The summed E-state index contributed by atoms with van der Waals surface area (Å²) in [6.45, 7) is 2.16. The van der Waals surface area contributed by atoms with Gasteiger partial charge in [-0.25, -0.2) is 0 Å². The van der Waals surface area contributed by atoms with Crippen molar-refractivity contribution in [2.45, 2.75) is 19.8 Å². The van der Waals surface area contributed by atoms with Gasteiger partial charge in [0.2, 0.25) is 0 Å². The molecule has 1 heterocycles. The van der Waals surface area contributed by atoms with Gasteiger partial charge in [-0.3, -0.25) is 4.79 Å². The van der Waals surface area contributed by atoms with E-state index in [9.17, 15) is 4.79 Å². The maximum atomic E-state index is 11.6. The number of hydrogen-bond donors (Lipinski definition) is 1. The topological polar surface area (TPSA) is 32.9 Å². The molecular formula is C14H15NO. The molecule has 0 aliphatic carbocycles. The Morgan fingerprint density at radius 2 is 1.88 bits per heavy atom. The second-order valence-corrected chi connectivity index (χ2v) is 3.86. The molecule has 2 aromatic rings. The van der Waals surface area contributed by atoms with Gasteiger partial charge in [-0.15, -0.1) is 0 Å². The van der Waals surface area contributed by atoms with Crippen molar-refractivity contribution in [3.05, 3.63) is 58.5 Å². The average molecular weight is 213 g/mol. The standard InChI is InChI=1S/C14H15NO/c1-2-4-11-6-8-12(9-7-11)13-5-3-10-15-14(13)16/h3,5-10H,2,4H2,1H3,(H,15,16). The number of aromatic nitrogens is 1. The first-order chi connectivity index (χ1) is 7.81. The summed E-state index contributed by atoms with van der Waals surface area (Å²) in [4.78, 5) is 14.3. The summed E-state index contributed by atoms with van der Waals surface area (Å²) in [6.07, 6.45) is 3.88. The highest BCUT2D eigenvalue weighted by atomic mass is 16.1. The fourth-order valence-corrected chi connectivity index (χ4v) is 1.79. The number of aromatic amines is 1. The molecule has 0 aliphatic heterocycles. The van der Waals surface area contributed by atoms with Gasteiger partial charge in [0.25, 0.3) is 5.56 Å². The lowest BCUT2D eigenvalue weighted by Gasteiger charge is -2.02. The van der Waals surface area contributed by atoms with Crippen LogP contribution >= 0.6 is 0 Å². The molecule has 0 atom stereocenters. The minimum Gasteiger partial charge on any atom is -0.329 e. The van der Waals surface area contributed by atoms with Gasteiger partial charge in [0.1, 0.15) is 0 Å². The van der Waals surface area contributed by atoms with Gasteiger partial charge in [0.05, 0.1) is 0 Å². The molecule has 0 saturated carbocycles. The van der Waals surface area contributed by atoms with Gasteiger partial charge in [-0.2, -0.15) is 0 Å². The first-order valence-electron chi connectivity index (χ1n) is 5.58. The van der Waals surface area contributed by atoms with Crippen LogP contribution in [0.25, 0.3) is 11.1 Å². The second-order valence-electron chi connectivity index (χ2n) is 3.86. The molecule has 0 amide bonds. The Morgan fingerprint density at radius 3 is 2.50 bits per heavy atom. The Morgan fingerprint density at radius 1 is 1.12 bits per heavy atom. The van der Waals surface area contributed by atoms with Crippen molar-refractivity contribution in [1.29, 1.82) is 0 Å². The third-order valence-electron chi connectivity index (χ3n) is 2.62. The van der Waals surface area contributed by atoms with Crippen LogP contribution in [0.3, 0.4) is 0 Å². The first kappa shape index (κ1) is 10.7. The third kappa shape index (κ3) is 2.22. The highest BCUT2D eigenvalue weighted by Crippen LogP contribution is 2.16. The smallest absolute Gasteiger partial charge is 0.255 e. The molecule has 0 spiro atoms. The van der Waals surface area contributed by atoms with Gasteiger partial charge < -0.3 is 4.98 Å². The quantitative estimate of drug-likeness (QED) is 0.835. The highest BCUT2D eigenvalue weighted by molar-refractivity contribution is 5.62. The van der Waals surface area contributed by atoms with Crippen molar-refractivity contribution in [1.82, 2.24) is 4.98 Å². The van der Waals surface area contributed by atoms with Crippen LogP contribution < -0.4 is 5.56 Å². The Labute approximate surface area is 95.0 Å². The van der Waals surface area contributed by atoms with Crippen molar-refractivity contribution in [3.63, 3.8) is 0 Å². The van der Waals surface area contributed by atoms with Crippen molar-refractivity contribution in [3.8, 4) is 11.1 Å². The van der Waals surface area contributed by atoms with E-state index in [0.29, 0.717) is 0 Å². The van der Waals surface area contributed by atoms with E-state index in [4.69, 9.17) is 0 Å². The van der Waals surface area contributed by atoms with E-state index >= 15 is 0 Å². The van der Waals surface area contributed by atoms with Gasteiger partial charge >= 0.3 is 0 Å². The number of hydrogen-bond acceptors (Lipinski definition) is 1. The molecule has 2 heteroatoms. The largest absolute Gasteiger partial charge is 0.329 e. The zero-order chi connectivity index (χ0) is 11.4. The average Bonchev–Trinajstić information content (AvgIpc) is 2.31. The summed E-state index contributed by atoms with van der Waals surface area (Å²) in [5.74, 6) is 0. The molecule has 16 heavy (non-hydrogen) atoms. The van der Waals surface area contributed by atoms with Crippen LogP contribution in [-0.2, 0) is 6.42 Å². The molecule has 0 unspecified atom stereocenters. The van der Waals surface area contributed by atoms with Crippen LogP contribution in [0.2, 0.25) is 0 Å². The summed E-state index contributed by atoms with van der Waals surface area (Å²) >= 11 is 0. The van der Waals surface area contributed by atoms with Crippen molar-refractivity contribution < 1.29 is 0 Å². The number of H-pyrrole nitrogens is 1. The van der Waals surface area contributed by atoms with E-state index in [-0.39, 0.29) is 5.56 Å². The first-order valence-corrected chi connectivity index (χ1v) is 5.58. The van der Waals surface area contributed by atoms with E-state index in [1.807, 2.05) is 24.3 Å². The number of benzene rings is 1. The Hall–Kier alpha value is -1.83. The molecule has 0 bridgehead atoms. The van der Waals surface area contributed by atoms with Crippen molar-refractivity contribution in [2.75, 3.05) is 0 Å². The zero-order valence-corrected chi connectivity index (χ0v) is 9.36. The maximum absolute atomic E-state index is 11.6. The summed E-state index contributed by atoms with van der Waals surface area (Å²) in [7, 11) is 0. The van der Waals surface area contributed by atoms with Gasteiger partial charge in [-0.05, 0) is 29.7 Å². The number of rotatable bonds is 3. The second kappa shape index (κ2) is 4.79. The predicted molar refractivity (Wildman–Crippen MR) is 66.5 cm³/mol. The molecule has 1 N–H and O–H groups in total. The zero-order valence-electron chi connectivity index (χ0n) is 9.36. The Bertz CT molecular complexity index is 511. The monoisotopic (exact) mass is 213 g/mol. The third-order valence-corrected chi connectivity index (χ3v) is 2.62. The number of aryl methyl sites for hydroxylation is 1. The molecule has 0 radical (unpaired) electrons. The lowest BCUT2D eigenvalue weighted by atomic mass is 10.0. The van der Waals surface area contributed by atoms with Crippen molar-refractivity contribution in [2.24, 2.45) is 0 Å². The van der Waals surface area contributed by atoms with E-state index < -0.39 is 0 Å². The van der Waals surface area contributed by atoms with Crippen molar-refractivity contribution >= 4 is 0 Å². The normalized spacial score (nSPS) is 10.3. The molecule has 1 aromatic carbocycles. The van der Waals surface area contributed by atoms with E-state index in [1.165, 1.54) is 5.56 Å². The molecule has 0 aliphatic rings. The molecular weight excluding hydrogens is 198 g/mol. The van der Waals surface area contributed by atoms with Crippen LogP contribution in [-0.4, -0.2) is 4.98 Å². The van der Waals surface area contributed by atoms with Crippen LogP contribution in [0.1, 0.15) is 18.9 Å². The van der Waals surface area contributed by atoms with Gasteiger partial charge in [-0.1, -0.05) is 37.6 Å². The Balaban J connectivity index is 2.35. The number of nitrogens with one attached hydrogen (secondary N) is 1. The summed E-state index contributed by atoms with van der Waals surface area (Å²) in [6, 6.07) is 11.9. The SMILES string of the molecule is CCCc1ccc(-c2ccc[nH]c2=O)cc1. The molecule has 0 saturated heterocycles. The number of pyridine rings is 1. The minimum atomic E-state index is -0.0364. The lowest BCUT2D eigenvalue weighted by Crippen LogP contribution is -2.06. The summed E-state index contributed by atoms with van der Waals surface area (Å²) < 4.78 is 0. The van der Waals surface area contributed by atoms with Crippen LogP contribution in [0.5, 0.6) is 0 Å². The van der Waals surface area contributed by atoms with E-state index in [0.717, 1.165) is 24.0 Å².